The molecule has 1 aliphatic heterocycles. The van der Waals surface area contributed by atoms with Crippen molar-refractivity contribution in [3.05, 3.63) is 102 Å². The second-order valence-electron chi connectivity index (χ2n) is 7.92. The second-order valence-corrected chi connectivity index (χ2v) is 9.76. The molecule has 1 amide bonds. The van der Waals surface area contributed by atoms with Gasteiger partial charge in [-0.05, 0) is 35.2 Å². The van der Waals surface area contributed by atoms with E-state index in [2.05, 4.69) is 9.71 Å². The van der Waals surface area contributed by atoms with Crippen molar-refractivity contribution in [1.29, 1.82) is 0 Å². The molecule has 33 heavy (non-hydrogen) atoms. The molecule has 0 saturated carbocycles. The molecule has 0 aliphatic carbocycles. The van der Waals surface area contributed by atoms with Gasteiger partial charge in [0.1, 0.15) is 0 Å². The summed E-state index contributed by atoms with van der Waals surface area (Å²) in [7, 11) is -3.37. The summed E-state index contributed by atoms with van der Waals surface area (Å²) in [6.45, 7) is 2.03. The second kappa shape index (κ2) is 9.07. The maximum atomic E-state index is 13.8. The Bertz CT molecular complexity index is 1220. The predicted octanol–water partition coefficient (Wildman–Crippen LogP) is 3.44. The summed E-state index contributed by atoms with van der Waals surface area (Å²) in [5.41, 5.74) is 7.79. The molecule has 1 heterocycles. The van der Waals surface area contributed by atoms with Gasteiger partial charge < -0.3 is 5.73 Å². The van der Waals surface area contributed by atoms with Crippen molar-refractivity contribution in [2.24, 2.45) is 10.7 Å². The summed E-state index contributed by atoms with van der Waals surface area (Å²) in [6.07, 6.45) is 0.535. The van der Waals surface area contributed by atoms with E-state index in [1.165, 1.54) is 4.90 Å². The molecule has 1 aliphatic rings. The molecule has 0 atom stereocenters. The number of guanidine groups is 1. The zero-order valence-electron chi connectivity index (χ0n) is 18.3. The molecule has 0 aromatic heterocycles. The average molecular weight is 463 g/mol. The van der Waals surface area contributed by atoms with Crippen LogP contribution in [0.15, 0.2) is 89.9 Å². The molecule has 4 rings (SSSR count). The summed E-state index contributed by atoms with van der Waals surface area (Å²) in [5, 5.41) is 0. The number of nitrogens with two attached hydrogens (primary N) is 1. The smallest absolute Gasteiger partial charge is 0.266 e. The fraction of sp³-hybridized carbons (Fsp3) is 0.200. The number of anilines is 1. The molecule has 3 aromatic carbocycles. The van der Waals surface area contributed by atoms with Gasteiger partial charge in [0.15, 0.2) is 11.5 Å². The summed E-state index contributed by atoms with van der Waals surface area (Å²) in [6, 6.07) is 25.7. The lowest BCUT2D eigenvalue weighted by atomic mass is 9.83. The van der Waals surface area contributed by atoms with E-state index in [9.17, 15) is 13.2 Å². The lowest BCUT2D eigenvalue weighted by Crippen LogP contribution is -2.43. The van der Waals surface area contributed by atoms with Crippen LogP contribution in [-0.2, 0) is 26.9 Å². The van der Waals surface area contributed by atoms with Crippen LogP contribution in [0.3, 0.4) is 0 Å². The summed E-state index contributed by atoms with van der Waals surface area (Å²) in [5.74, 6) is -0.0315. The van der Waals surface area contributed by atoms with E-state index in [-0.39, 0.29) is 24.2 Å². The Labute approximate surface area is 194 Å². The molecule has 0 bridgehead atoms. The molecule has 3 aromatic rings. The topological polar surface area (TPSA) is 105 Å². The van der Waals surface area contributed by atoms with Gasteiger partial charge in [0.05, 0.1) is 12.3 Å². The van der Waals surface area contributed by atoms with E-state index < -0.39 is 15.6 Å². The van der Waals surface area contributed by atoms with Gasteiger partial charge in [0.2, 0.25) is 10.0 Å². The summed E-state index contributed by atoms with van der Waals surface area (Å²) in [4.78, 5) is 20.0. The van der Waals surface area contributed by atoms with Crippen molar-refractivity contribution in [2.75, 3.05) is 10.5 Å². The largest absolute Gasteiger partial charge is 0.369 e. The van der Waals surface area contributed by atoms with Crippen LogP contribution in [0.5, 0.6) is 0 Å². The number of carbonyl (C=O) groups is 1. The molecule has 3 N–H and O–H groups in total. The number of nitrogens with one attached hydrogen (secondary N) is 1. The van der Waals surface area contributed by atoms with Gasteiger partial charge in [-0.25, -0.2) is 13.4 Å². The van der Waals surface area contributed by atoms with Crippen LogP contribution < -0.4 is 10.5 Å². The van der Waals surface area contributed by atoms with E-state index in [0.717, 1.165) is 16.7 Å². The molecule has 0 saturated heterocycles. The van der Waals surface area contributed by atoms with Crippen molar-refractivity contribution < 1.29 is 13.2 Å². The number of benzene rings is 3. The number of carbonyl (C=O) groups excluding carboxylic acids is 1. The predicted molar refractivity (Wildman–Crippen MR) is 130 cm³/mol. The molecule has 0 unspecified atom stereocenters. The first kappa shape index (κ1) is 22.5. The average Bonchev–Trinajstić information content (AvgIpc) is 3.07. The summed E-state index contributed by atoms with van der Waals surface area (Å²) < 4.78 is 26.5. The third-order valence-electron chi connectivity index (χ3n) is 5.54. The first-order valence-corrected chi connectivity index (χ1v) is 12.4. The lowest BCUT2D eigenvalue weighted by Gasteiger charge is -2.27. The van der Waals surface area contributed by atoms with Crippen molar-refractivity contribution in [1.82, 2.24) is 4.90 Å². The number of sulfonamides is 1. The molecule has 0 fully saturated rings. The fourth-order valence-electron chi connectivity index (χ4n) is 3.99. The van der Waals surface area contributed by atoms with Crippen molar-refractivity contribution >= 4 is 27.6 Å². The highest BCUT2D eigenvalue weighted by molar-refractivity contribution is 7.92. The van der Waals surface area contributed by atoms with Gasteiger partial charge >= 0.3 is 0 Å². The Morgan fingerprint density at radius 3 is 1.97 bits per heavy atom. The zero-order valence-corrected chi connectivity index (χ0v) is 19.1. The van der Waals surface area contributed by atoms with Crippen molar-refractivity contribution in [3.8, 4) is 0 Å². The molecular formula is C25H26N4O3S. The van der Waals surface area contributed by atoms with Crippen LogP contribution in [0.2, 0.25) is 0 Å². The number of rotatable bonds is 8. The van der Waals surface area contributed by atoms with E-state index in [1.54, 1.807) is 24.3 Å². The first-order valence-electron chi connectivity index (χ1n) is 10.7. The number of hydrogen-bond donors (Lipinski definition) is 2. The van der Waals surface area contributed by atoms with Crippen molar-refractivity contribution in [3.63, 3.8) is 0 Å². The van der Waals surface area contributed by atoms with E-state index in [1.807, 2.05) is 67.6 Å². The third kappa shape index (κ3) is 4.47. The minimum Gasteiger partial charge on any atom is -0.369 e. The SMILES string of the molecule is CCCS(=O)(=O)Nc1ccc(CN2C(=O)C(c3ccccc3)(c3ccccc3)N=C2N)cc1. The number of amides is 1. The third-order valence-corrected chi connectivity index (χ3v) is 7.03. The Kier molecular flexibility index (Phi) is 6.20. The Morgan fingerprint density at radius 1 is 0.909 bits per heavy atom. The van der Waals surface area contributed by atoms with Gasteiger partial charge in [0, 0.05) is 5.69 Å². The van der Waals surface area contributed by atoms with Gasteiger partial charge in [-0.15, -0.1) is 0 Å². The zero-order chi connectivity index (χ0) is 23.5. The highest BCUT2D eigenvalue weighted by atomic mass is 32.2. The quantitative estimate of drug-likeness (QED) is 0.535. The normalized spacial score (nSPS) is 15.4. The Balaban J connectivity index is 1.62. The Hall–Kier alpha value is -3.65. The van der Waals surface area contributed by atoms with Crippen LogP contribution in [-0.4, -0.2) is 30.9 Å². The number of nitrogens with zero attached hydrogens (tertiary/aromatic N) is 2. The van der Waals surface area contributed by atoms with Crippen LogP contribution in [0.4, 0.5) is 5.69 Å². The van der Waals surface area contributed by atoms with Crippen molar-refractivity contribution in [2.45, 2.75) is 25.4 Å². The standard InChI is InChI=1S/C25H26N4O3S/c1-2-17-33(31,32)28-22-15-13-19(14-16-22)18-29-23(30)25(27-24(29)26,20-9-5-3-6-10-20)21-11-7-4-8-12-21/h3-16,28H,2,17-18H2,1H3,(H2,26,27). The van der Waals surface area contributed by atoms with Gasteiger partial charge in [0.25, 0.3) is 5.91 Å². The number of aliphatic imine (C=N–C) groups is 1. The van der Waals surface area contributed by atoms with Crippen LogP contribution in [0, 0.1) is 0 Å². The fourth-order valence-corrected chi connectivity index (χ4v) is 5.13. The number of hydrogen-bond acceptors (Lipinski definition) is 5. The highest BCUT2D eigenvalue weighted by Crippen LogP contribution is 2.39. The van der Waals surface area contributed by atoms with Crippen LogP contribution >= 0.6 is 0 Å². The minimum atomic E-state index is -3.37. The van der Waals surface area contributed by atoms with E-state index in [4.69, 9.17) is 5.73 Å². The van der Waals surface area contributed by atoms with Gasteiger partial charge in [-0.3, -0.25) is 14.4 Å². The maximum Gasteiger partial charge on any atom is 0.266 e. The molecule has 170 valence electrons. The highest BCUT2D eigenvalue weighted by Gasteiger charge is 2.50. The first-order chi connectivity index (χ1) is 15.9. The van der Waals surface area contributed by atoms with Crippen LogP contribution in [0.25, 0.3) is 0 Å². The van der Waals surface area contributed by atoms with Crippen LogP contribution in [0.1, 0.15) is 30.0 Å². The lowest BCUT2D eigenvalue weighted by molar-refractivity contribution is -0.130. The van der Waals surface area contributed by atoms with E-state index >= 15 is 0 Å². The Morgan fingerprint density at radius 2 is 1.45 bits per heavy atom. The molecular weight excluding hydrogens is 436 g/mol. The molecule has 7 nitrogen and oxygen atoms in total. The summed E-state index contributed by atoms with van der Waals surface area (Å²) >= 11 is 0. The monoisotopic (exact) mass is 462 g/mol. The van der Waals surface area contributed by atoms with E-state index in [0.29, 0.717) is 12.1 Å². The minimum absolute atomic E-state index is 0.0606. The van der Waals surface area contributed by atoms with Gasteiger partial charge in [-0.1, -0.05) is 79.7 Å². The van der Waals surface area contributed by atoms with Gasteiger partial charge in [-0.2, -0.15) is 0 Å². The maximum absolute atomic E-state index is 13.8. The molecule has 8 heteroatoms. The molecule has 0 radical (unpaired) electrons. The molecule has 0 spiro atoms.